The van der Waals surface area contributed by atoms with Crippen molar-refractivity contribution in [2.75, 3.05) is 11.6 Å². The Morgan fingerprint density at radius 2 is 2.09 bits per heavy atom. The van der Waals surface area contributed by atoms with Crippen LogP contribution in [0.25, 0.3) is 11.3 Å². The molecule has 22 heavy (non-hydrogen) atoms. The van der Waals surface area contributed by atoms with Crippen molar-refractivity contribution in [3.05, 3.63) is 29.6 Å². The van der Waals surface area contributed by atoms with Crippen LogP contribution >= 0.6 is 23.1 Å². The van der Waals surface area contributed by atoms with E-state index in [1.165, 1.54) is 16.2 Å². The molecule has 0 aliphatic heterocycles. The van der Waals surface area contributed by atoms with Gasteiger partial charge in [0.05, 0.1) is 11.2 Å². The third kappa shape index (κ3) is 4.09. The van der Waals surface area contributed by atoms with Crippen molar-refractivity contribution < 1.29 is 4.79 Å². The van der Waals surface area contributed by atoms with Crippen LogP contribution in [0, 0.1) is 0 Å². The maximum Gasteiger partial charge on any atom is 0.245 e. The molecule has 2 aromatic rings. The van der Waals surface area contributed by atoms with Crippen LogP contribution in [0.4, 0.5) is 5.13 Å². The molecule has 0 radical (unpaired) electrons. The topological polar surface area (TPSA) is 68.0 Å². The van der Waals surface area contributed by atoms with Gasteiger partial charge in [-0.15, -0.1) is 23.1 Å². The molecular formula is C16H21N3OS2. The number of aromatic nitrogens is 1. The fourth-order valence-electron chi connectivity index (χ4n) is 2.10. The summed E-state index contributed by atoms with van der Waals surface area (Å²) in [6.07, 6.45) is 3.56. The molecule has 0 spiro atoms. The van der Waals surface area contributed by atoms with Crippen LogP contribution in [-0.2, 0) is 4.79 Å². The third-order valence-corrected chi connectivity index (χ3v) is 4.90. The summed E-state index contributed by atoms with van der Waals surface area (Å²) in [6.45, 7) is 3.76. The minimum atomic E-state index is -0.861. The van der Waals surface area contributed by atoms with Crippen LogP contribution in [0.5, 0.6) is 0 Å². The van der Waals surface area contributed by atoms with E-state index in [4.69, 9.17) is 5.73 Å². The lowest BCUT2D eigenvalue weighted by Crippen LogP contribution is -2.48. The number of thioether (sulfide) groups is 1. The lowest BCUT2D eigenvalue weighted by Gasteiger charge is -2.21. The highest BCUT2D eigenvalue weighted by Crippen LogP contribution is 2.27. The Bertz CT molecular complexity index is 635. The van der Waals surface area contributed by atoms with E-state index in [0.717, 1.165) is 17.7 Å². The molecule has 1 atom stereocenters. The maximum atomic E-state index is 12.2. The van der Waals surface area contributed by atoms with E-state index < -0.39 is 5.54 Å². The lowest BCUT2D eigenvalue weighted by atomic mass is 9.97. The minimum Gasteiger partial charge on any atom is -0.318 e. The van der Waals surface area contributed by atoms with Gasteiger partial charge in [0, 0.05) is 15.8 Å². The zero-order valence-electron chi connectivity index (χ0n) is 13.1. The molecular weight excluding hydrogens is 314 g/mol. The molecule has 1 amide bonds. The third-order valence-electron chi connectivity index (χ3n) is 3.40. The van der Waals surface area contributed by atoms with Crippen LogP contribution < -0.4 is 11.1 Å². The summed E-state index contributed by atoms with van der Waals surface area (Å²) in [7, 11) is 0. The first-order valence-electron chi connectivity index (χ1n) is 7.16. The Hall–Kier alpha value is -1.37. The van der Waals surface area contributed by atoms with Crippen LogP contribution in [-0.4, -0.2) is 22.7 Å². The highest BCUT2D eigenvalue weighted by Gasteiger charge is 2.27. The van der Waals surface area contributed by atoms with E-state index in [2.05, 4.69) is 22.4 Å². The van der Waals surface area contributed by atoms with Crippen molar-refractivity contribution in [2.45, 2.75) is 37.1 Å². The molecule has 0 fully saturated rings. The van der Waals surface area contributed by atoms with Gasteiger partial charge in [0.1, 0.15) is 0 Å². The number of nitrogens with zero attached hydrogens (tertiary/aromatic N) is 1. The van der Waals surface area contributed by atoms with Gasteiger partial charge >= 0.3 is 0 Å². The number of nitrogens with one attached hydrogen (secondary N) is 1. The summed E-state index contributed by atoms with van der Waals surface area (Å²) in [4.78, 5) is 17.9. The lowest BCUT2D eigenvalue weighted by molar-refractivity contribution is -0.120. The van der Waals surface area contributed by atoms with Gasteiger partial charge in [-0.25, -0.2) is 4.98 Å². The van der Waals surface area contributed by atoms with Gasteiger partial charge in [-0.3, -0.25) is 4.79 Å². The zero-order valence-corrected chi connectivity index (χ0v) is 14.7. The summed E-state index contributed by atoms with van der Waals surface area (Å²) < 4.78 is 0. The number of nitrogens with two attached hydrogens (primary N) is 1. The van der Waals surface area contributed by atoms with Crippen LogP contribution in [0.3, 0.4) is 0 Å². The van der Waals surface area contributed by atoms with E-state index in [1.54, 1.807) is 18.7 Å². The van der Waals surface area contributed by atoms with E-state index in [1.807, 2.05) is 30.7 Å². The van der Waals surface area contributed by atoms with E-state index >= 15 is 0 Å². The molecule has 2 rings (SSSR count). The Balaban J connectivity index is 2.09. The number of hydrogen-bond donors (Lipinski definition) is 2. The monoisotopic (exact) mass is 335 g/mol. The number of carbonyl (C=O) groups excluding carboxylic acids is 1. The molecule has 3 N–H and O–H groups in total. The van der Waals surface area contributed by atoms with E-state index in [0.29, 0.717) is 11.6 Å². The van der Waals surface area contributed by atoms with Crippen molar-refractivity contribution in [1.82, 2.24) is 4.98 Å². The largest absolute Gasteiger partial charge is 0.318 e. The molecule has 1 aromatic heterocycles. The van der Waals surface area contributed by atoms with Gasteiger partial charge in [0.15, 0.2) is 5.13 Å². The quantitative estimate of drug-likeness (QED) is 0.783. The number of carbonyl (C=O) groups is 1. The zero-order chi connectivity index (χ0) is 16.2. The fourth-order valence-corrected chi connectivity index (χ4v) is 3.22. The van der Waals surface area contributed by atoms with Crippen molar-refractivity contribution in [1.29, 1.82) is 0 Å². The maximum absolute atomic E-state index is 12.2. The standard InChI is InChI=1S/C16H21N3OS2/c1-4-9-16(2,17)14(20)19-15-18-13(10-22-15)11-5-7-12(21-3)8-6-11/h5-8,10H,4,9,17H2,1-3H3,(H,18,19,20). The molecule has 0 aliphatic rings. The predicted octanol–water partition coefficient (Wildman–Crippen LogP) is 3.99. The van der Waals surface area contributed by atoms with Crippen molar-refractivity contribution in [3.8, 4) is 11.3 Å². The van der Waals surface area contributed by atoms with Crippen molar-refractivity contribution in [2.24, 2.45) is 5.73 Å². The molecule has 6 heteroatoms. The minimum absolute atomic E-state index is 0.187. The SMILES string of the molecule is CCCC(C)(N)C(=O)Nc1nc(-c2ccc(SC)cc2)cs1. The molecule has 0 aliphatic carbocycles. The van der Waals surface area contributed by atoms with Crippen molar-refractivity contribution >= 4 is 34.1 Å². The molecule has 118 valence electrons. The summed E-state index contributed by atoms with van der Waals surface area (Å²) in [5, 5.41) is 5.35. The highest BCUT2D eigenvalue weighted by atomic mass is 32.2. The molecule has 1 unspecified atom stereocenters. The second kappa shape index (κ2) is 7.26. The van der Waals surface area contributed by atoms with Gasteiger partial charge in [0.25, 0.3) is 0 Å². The van der Waals surface area contributed by atoms with E-state index in [-0.39, 0.29) is 5.91 Å². The number of rotatable bonds is 6. The number of amides is 1. The Morgan fingerprint density at radius 1 is 1.41 bits per heavy atom. The molecule has 1 heterocycles. The Kier molecular flexibility index (Phi) is 5.61. The van der Waals surface area contributed by atoms with Gasteiger partial charge in [0.2, 0.25) is 5.91 Å². The van der Waals surface area contributed by atoms with Gasteiger partial charge in [-0.05, 0) is 31.7 Å². The summed E-state index contributed by atoms with van der Waals surface area (Å²) >= 11 is 3.12. The summed E-state index contributed by atoms with van der Waals surface area (Å²) in [5.74, 6) is -0.187. The first-order valence-corrected chi connectivity index (χ1v) is 9.27. The molecule has 1 aromatic carbocycles. The highest BCUT2D eigenvalue weighted by molar-refractivity contribution is 7.98. The second-order valence-corrected chi connectivity index (χ2v) is 7.13. The average molecular weight is 335 g/mol. The molecule has 0 saturated heterocycles. The molecule has 0 saturated carbocycles. The Labute approximate surface area is 139 Å². The number of thiazole rings is 1. The van der Waals surface area contributed by atoms with Crippen LogP contribution in [0.1, 0.15) is 26.7 Å². The summed E-state index contributed by atoms with van der Waals surface area (Å²) in [5.41, 5.74) is 7.07. The van der Waals surface area contributed by atoms with Gasteiger partial charge < -0.3 is 11.1 Å². The normalized spacial score (nSPS) is 13.6. The number of hydrogen-bond acceptors (Lipinski definition) is 5. The van der Waals surface area contributed by atoms with Crippen LogP contribution in [0.15, 0.2) is 34.5 Å². The van der Waals surface area contributed by atoms with Crippen molar-refractivity contribution in [3.63, 3.8) is 0 Å². The smallest absolute Gasteiger partial charge is 0.245 e. The summed E-state index contributed by atoms with van der Waals surface area (Å²) in [6, 6.07) is 8.21. The first kappa shape index (κ1) is 17.0. The first-order chi connectivity index (χ1) is 10.5. The Morgan fingerprint density at radius 3 is 2.68 bits per heavy atom. The van der Waals surface area contributed by atoms with Gasteiger partial charge in [-0.1, -0.05) is 25.5 Å². The molecule has 0 bridgehead atoms. The van der Waals surface area contributed by atoms with E-state index in [9.17, 15) is 4.79 Å². The predicted molar refractivity (Wildman–Crippen MR) is 95.5 cm³/mol. The second-order valence-electron chi connectivity index (χ2n) is 5.39. The molecule has 4 nitrogen and oxygen atoms in total. The average Bonchev–Trinajstić information content (AvgIpc) is 2.96. The number of benzene rings is 1. The van der Waals surface area contributed by atoms with Gasteiger partial charge in [-0.2, -0.15) is 0 Å². The van der Waals surface area contributed by atoms with Crippen LogP contribution in [0.2, 0.25) is 0 Å². The number of anilines is 1. The fraction of sp³-hybridized carbons (Fsp3) is 0.375.